The number of benzene rings is 1. The monoisotopic (exact) mass is 168 g/mol. The topological polar surface area (TPSA) is 49.7 Å². The molecule has 0 aromatic heterocycles. The van der Waals surface area contributed by atoms with Crippen molar-refractivity contribution in [1.29, 1.82) is 0 Å². The zero-order chi connectivity index (χ0) is 9.14. The van der Waals surface area contributed by atoms with E-state index in [0.29, 0.717) is 11.3 Å². The molecule has 0 heterocycles. The molecule has 0 bridgehead atoms. The molecule has 3 heteroatoms. The fourth-order valence-electron chi connectivity index (χ4n) is 1.08. The second kappa shape index (κ2) is 3.45. The van der Waals surface area contributed by atoms with Crippen LogP contribution in [0.15, 0.2) is 12.1 Å². The van der Waals surface area contributed by atoms with Gasteiger partial charge in [0.15, 0.2) is 0 Å². The minimum atomic E-state index is -0.212. The first-order valence-electron chi connectivity index (χ1n) is 3.67. The van der Waals surface area contributed by atoms with Crippen LogP contribution in [0, 0.1) is 6.92 Å². The molecule has 0 fully saturated rings. The molecule has 0 aliphatic heterocycles. The largest absolute Gasteiger partial charge is 0.507 e. The van der Waals surface area contributed by atoms with Crippen molar-refractivity contribution in [2.24, 2.45) is 0 Å². The van der Waals surface area contributed by atoms with E-state index in [0.717, 1.165) is 5.56 Å². The number of methoxy groups -OCH3 is 1. The van der Waals surface area contributed by atoms with Gasteiger partial charge in [0.05, 0.1) is 19.3 Å². The van der Waals surface area contributed by atoms with Gasteiger partial charge in [0.25, 0.3) is 0 Å². The Hall–Kier alpha value is -1.22. The van der Waals surface area contributed by atoms with Gasteiger partial charge in [-0.1, -0.05) is 6.07 Å². The van der Waals surface area contributed by atoms with Crippen LogP contribution in [0.1, 0.15) is 11.1 Å². The summed E-state index contributed by atoms with van der Waals surface area (Å²) in [6, 6.07) is 3.47. The van der Waals surface area contributed by atoms with Crippen LogP contribution in [0.3, 0.4) is 0 Å². The molecule has 1 aromatic rings. The van der Waals surface area contributed by atoms with Crippen LogP contribution < -0.4 is 4.74 Å². The summed E-state index contributed by atoms with van der Waals surface area (Å²) >= 11 is 0. The molecule has 0 unspecified atom stereocenters. The fraction of sp³-hybridized carbons (Fsp3) is 0.333. The summed E-state index contributed by atoms with van der Waals surface area (Å²) in [6.07, 6.45) is 0. The number of aliphatic hydroxyl groups excluding tert-OH is 1. The van der Waals surface area contributed by atoms with E-state index in [4.69, 9.17) is 9.84 Å². The molecular formula is C9H12O3. The van der Waals surface area contributed by atoms with Gasteiger partial charge >= 0.3 is 0 Å². The molecule has 66 valence electrons. The number of hydrogen-bond donors (Lipinski definition) is 2. The van der Waals surface area contributed by atoms with Gasteiger partial charge in [0, 0.05) is 0 Å². The summed E-state index contributed by atoms with van der Waals surface area (Å²) in [5.41, 5.74) is 1.18. The number of aromatic hydroxyl groups is 1. The molecule has 1 rings (SSSR count). The Morgan fingerprint density at radius 2 is 2.08 bits per heavy atom. The molecule has 0 saturated heterocycles. The second-order valence-electron chi connectivity index (χ2n) is 2.57. The molecule has 0 radical (unpaired) electrons. The number of phenols is 1. The van der Waals surface area contributed by atoms with Gasteiger partial charge < -0.3 is 14.9 Å². The minimum absolute atomic E-state index is 0.108. The Morgan fingerprint density at radius 3 is 2.58 bits per heavy atom. The molecular weight excluding hydrogens is 156 g/mol. The van der Waals surface area contributed by atoms with Gasteiger partial charge in [-0.3, -0.25) is 0 Å². The van der Waals surface area contributed by atoms with Crippen LogP contribution >= 0.6 is 0 Å². The standard InChI is InChI=1S/C9H12O3/c1-6-3-4-8(12-2)7(5-10)9(6)11/h3-4,10-11H,5H2,1-2H3. The summed E-state index contributed by atoms with van der Waals surface area (Å²) in [6.45, 7) is 1.56. The van der Waals surface area contributed by atoms with E-state index in [-0.39, 0.29) is 12.4 Å². The first-order valence-corrected chi connectivity index (χ1v) is 3.67. The zero-order valence-electron chi connectivity index (χ0n) is 7.16. The first kappa shape index (κ1) is 8.87. The van der Waals surface area contributed by atoms with E-state index in [1.807, 2.05) is 0 Å². The van der Waals surface area contributed by atoms with Gasteiger partial charge in [-0.25, -0.2) is 0 Å². The quantitative estimate of drug-likeness (QED) is 0.697. The van der Waals surface area contributed by atoms with Crippen molar-refractivity contribution < 1.29 is 14.9 Å². The number of ether oxygens (including phenoxy) is 1. The van der Waals surface area contributed by atoms with Gasteiger partial charge in [0.1, 0.15) is 11.5 Å². The zero-order valence-corrected chi connectivity index (χ0v) is 7.16. The Labute approximate surface area is 71.2 Å². The number of hydrogen-bond acceptors (Lipinski definition) is 3. The predicted molar refractivity (Wildman–Crippen MR) is 45.3 cm³/mol. The van der Waals surface area contributed by atoms with E-state index >= 15 is 0 Å². The lowest BCUT2D eigenvalue weighted by Gasteiger charge is -2.09. The Balaban J connectivity index is 3.25. The molecule has 0 saturated carbocycles. The van der Waals surface area contributed by atoms with Crippen LogP contribution in [0.25, 0.3) is 0 Å². The summed E-state index contributed by atoms with van der Waals surface area (Å²) in [4.78, 5) is 0. The van der Waals surface area contributed by atoms with Gasteiger partial charge in [-0.05, 0) is 18.6 Å². The van der Waals surface area contributed by atoms with Crippen molar-refractivity contribution in [2.75, 3.05) is 7.11 Å². The minimum Gasteiger partial charge on any atom is -0.507 e. The molecule has 2 N–H and O–H groups in total. The summed E-state index contributed by atoms with van der Waals surface area (Å²) in [5.74, 6) is 0.623. The molecule has 1 aromatic carbocycles. The lowest BCUT2D eigenvalue weighted by Crippen LogP contribution is -1.93. The first-order chi connectivity index (χ1) is 5.70. The highest BCUT2D eigenvalue weighted by Crippen LogP contribution is 2.30. The number of rotatable bonds is 2. The SMILES string of the molecule is COc1ccc(C)c(O)c1CO. The summed E-state index contributed by atoms with van der Waals surface area (Å²) < 4.78 is 4.95. The normalized spacial score (nSPS) is 9.92. The third kappa shape index (κ3) is 1.36. The Kier molecular flexibility index (Phi) is 2.55. The fourth-order valence-corrected chi connectivity index (χ4v) is 1.08. The van der Waals surface area contributed by atoms with Gasteiger partial charge in [-0.2, -0.15) is 0 Å². The molecule has 0 aliphatic carbocycles. The van der Waals surface area contributed by atoms with Crippen molar-refractivity contribution >= 4 is 0 Å². The van der Waals surface area contributed by atoms with Gasteiger partial charge in [0.2, 0.25) is 0 Å². The van der Waals surface area contributed by atoms with Crippen molar-refractivity contribution in [3.05, 3.63) is 23.3 Å². The van der Waals surface area contributed by atoms with Crippen molar-refractivity contribution in [3.63, 3.8) is 0 Å². The van der Waals surface area contributed by atoms with Crippen molar-refractivity contribution in [2.45, 2.75) is 13.5 Å². The molecule has 12 heavy (non-hydrogen) atoms. The molecule has 3 nitrogen and oxygen atoms in total. The summed E-state index contributed by atoms with van der Waals surface area (Å²) in [5, 5.41) is 18.4. The van der Waals surface area contributed by atoms with E-state index in [9.17, 15) is 5.11 Å². The maximum absolute atomic E-state index is 9.47. The third-order valence-electron chi connectivity index (χ3n) is 1.82. The van der Waals surface area contributed by atoms with E-state index in [1.54, 1.807) is 19.1 Å². The third-order valence-corrected chi connectivity index (χ3v) is 1.82. The van der Waals surface area contributed by atoms with Crippen molar-refractivity contribution in [3.8, 4) is 11.5 Å². The lowest BCUT2D eigenvalue weighted by molar-refractivity contribution is 0.266. The van der Waals surface area contributed by atoms with E-state index in [2.05, 4.69) is 0 Å². The number of aliphatic hydroxyl groups is 1. The predicted octanol–water partition coefficient (Wildman–Crippen LogP) is 1.20. The molecule has 0 aliphatic rings. The smallest absolute Gasteiger partial charge is 0.128 e. The maximum Gasteiger partial charge on any atom is 0.128 e. The Bertz CT molecular complexity index is 281. The second-order valence-corrected chi connectivity index (χ2v) is 2.57. The van der Waals surface area contributed by atoms with E-state index in [1.165, 1.54) is 7.11 Å². The number of aryl methyl sites for hydroxylation is 1. The average molecular weight is 168 g/mol. The van der Waals surface area contributed by atoms with Gasteiger partial charge in [-0.15, -0.1) is 0 Å². The highest BCUT2D eigenvalue weighted by molar-refractivity contribution is 5.48. The lowest BCUT2D eigenvalue weighted by atomic mass is 10.1. The molecule has 0 spiro atoms. The van der Waals surface area contributed by atoms with Crippen LogP contribution in [0.4, 0.5) is 0 Å². The highest BCUT2D eigenvalue weighted by atomic mass is 16.5. The van der Waals surface area contributed by atoms with Crippen LogP contribution in [-0.4, -0.2) is 17.3 Å². The van der Waals surface area contributed by atoms with Crippen LogP contribution in [0.5, 0.6) is 11.5 Å². The maximum atomic E-state index is 9.47. The average Bonchev–Trinajstić information content (AvgIpc) is 2.09. The summed E-state index contributed by atoms with van der Waals surface area (Å²) in [7, 11) is 1.50. The van der Waals surface area contributed by atoms with E-state index < -0.39 is 0 Å². The van der Waals surface area contributed by atoms with Crippen LogP contribution in [0.2, 0.25) is 0 Å². The Morgan fingerprint density at radius 1 is 1.42 bits per heavy atom. The van der Waals surface area contributed by atoms with Crippen LogP contribution in [-0.2, 0) is 6.61 Å². The molecule has 0 atom stereocenters. The van der Waals surface area contributed by atoms with Crippen molar-refractivity contribution in [1.82, 2.24) is 0 Å². The highest BCUT2D eigenvalue weighted by Gasteiger charge is 2.08. The molecule has 0 amide bonds.